The molecule has 0 N–H and O–H groups in total. The summed E-state index contributed by atoms with van der Waals surface area (Å²) in [7, 11) is 0. The minimum absolute atomic E-state index is 0.116. The minimum atomic E-state index is -0.390. The van der Waals surface area contributed by atoms with Crippen molar-refractivity contribution >= 4 is 44.4 Å². The zero-order valence-corrected chi connectivity index (χ0v) is 18.3. The molecule has 2 aromatic carbocycles. The number of amides is 1. The molecule has 0 aliphatic heterocycles. The Morgan fingerprint density at radius 1 is 1.17 bits per heavy atom. The van der Waals surface area contributed by atoms with E-state index in [9.17, 15) is 9.18 Å². The van der Waals surface area contributed by atoms with Crippen LogP contribution in [-0.4, -0.2) is 16.1 Å². The Kier molecular flexibility index (Phi) is 6.20. The average Bonchev–Trinajstić information content (AvgIpc) is 3.37. The van der Waals surface area contributed by atoms with Crippen LogP contribution in [-0.2, 0) is 17.8 Å². The number of rotatable bonds is 7. The Labute approximate surface area is 182 Å². The summed E-state index contributed by atoms with van der Waals surface area (Å²) in [6.07, 6.45) is 1.80. The van der Waals surface area contributed by atoms with Gasteiger partial charge < -0.3 is 4.42 Å². The van der Waals surface area contributed by atoms with Crippen LogP contribution in [0.1, 0.15) is 25.2 Å². The number of furan rings is 1. The fraction of sp³-hybridized carbons (Fsp3) is 0.217. The molecule has 0 aliphatic rings. The van der Waals surface area contributed by atoms with Gasteiger partial charge in [-0.3, -0.25) is 9.69 Å². The maximum absolute atomic E-state index is 14.1. The van der Waals surface area contributed by atoms with E-state index < -0.39 is 5.82 Å². The molecule has 1 amide bonds. The van der Waals surface area contributed by atoms with E-state index in [0.717, 1.165) is 5.56 Å². The molecule has 4 rings (SSSR count). The summed E-state index contributed by atoms with van der Waals surface area (Å²) in [5.74, 6) is 0.139. The van der Waals surface area contributed by atoms with Gasteiger partial charge in [0.1, 0.15) is 17.1 Å². The summed E-state index contributed by atoms with van der Waals surface area (Å²) in [6, 6.07) is 16.5. The van der Waals surface area contributed by atoms with Gasteiger partial charge in [-0.2, -0.15) is 0 Å². The van der Waals surface area contributed by atoms with Crippen LogP contribution in [0.3, 0.4) is 0 Å². The van der Waals surface area contributed by atoms with E-state index >= 15 is 0 Å². The molecule has 0 bridgehead atoms. The molecule has 0 spiro atoms. The molecule has 4 aromatic rings. The Morgan fingerprint density at radius 3 is 2.63 bits per heavy atom. The van der Waals surface area contributed by atoms with E-state index in [1.54, 1.807) is 41.1 Å². The van der Waals surface area contributed by atoms with Crippen molar-refractivity contribution in [2.45, 2.75) is 37.0 Å². The van der Waals surface area contributed by atoms with Crippen molar-refractivity contribution in [1.82, 2.24) is 4.98 Å². The summed E-state index contributed by atoms with van der Waals surface area (Å²) in [6.45, 7) is 4.54. The number of nitrogens with zero attached hydrogens (tertiary/aromatic N) is 2. The number of thiazole rings is 1. The third-order valence-electron chi connectivity index (χ3n) is 4.43. The van der Waals surface area contributed by atoms with E-state index in [1.807, 2.05) is 30.3 Å². The summed E-state index contributed by atoms with van der Waals surface area (Å²) in [4.78, 5) is 20.4. The second-order valence-corrected chi connectivity index (χ2v) is 9.79. The predicted octanol–water partition coefficient (Wildman–Crippen LogP) is 6.30. The van der Waals surface area contributed by atoms with Crippen LogP contribution < -0.4 is 4.90 Å². The number of para-hydroxylation sites is 1. The SMILES string of the molecule is CC(C)Sc1ccc(CC(=O)N(Cc2ccco2)c2nc3c(F)cccc3s2)cc1. The lowest BCUT2D eigenvalue weighted by molar-refractivity contribution is -0.118. The van der Waals surface area contributed by atoms with Gasteiger partial charge in [0.25, 0.3) is 0 Å². The Hall–Kier alpha value is -2.64. The number of halogens is 1. The third kappa shape index (κ3) is 4.74. The Bertz CT molecular complexity index is 1140. The van der Waals surface area contributed by atoms with Gasteiger partial charge in [0.05, 0.1) is 23.9 Å². The largest absolute Gasteiger partial charge is 0.467 e. The fourth-order valence-electron chi connectivity index (χ4n) is 3.07. The second-order valence-electron chi connectivity index (χ2n) is 7.13. The number of hydrogen-bond acceptors (Lipinski definition) is 5. The zero-order valence-electron chi connectivity index (χ0n) is 16.7. The van der Waals surface area contributed by atoms with E-state index in [0.29, 0.717) is 20.8 Å². The molecule has 2 heterocycles. The lowest BCUT2D eigenvalue weighted by Gasteiger charge is -2.19. The molecular weight excluding hydrogens is 419 g/mol. The fourth-order valence-corrected chi connectivity index (χ4v) is 4.90. The van der Waals surface area contributed by atoms with Crippen molar-refractivity contribution in [3.05, 3.63) is 78.0 Å². The van der Waals surface area contributed by atoms with Crippen molar-refractivity contribution in [1.29, 1.82) is 0 Å². The lowest BCUT2D eigenvalue weighted by atomic mass is 10.1. The number of hydrogen-bond donors (Lipinski definition) is 0. The van der Waals surface area contributed by atoms with Gasteiger partial charge in [0.2, 0.25) is 5.91 Å². The molecule has 0 atom stereocenters. The lowest BCUT2D eigenvalue weighted by Crippen LogP contribution is -2.31. The highest BCUT2D eigenvalue weighted by atomic mass is 32.2. The monoisotopic (exact) mass is 440 g/mol. The minimum Gasteiger partial charge on any atom is -0.467 e. The molecular formula is C23H21FN2O2S2. The van der Waals surface area contributed by atoms with Crippen LogP contribution in [0, 0.1) is 5.82 Å². The molecule has 0 fully saturated rings. The number of fused-ring (bicyclic) bond motifs is 1. The van der Waals surface area contributed by atoms with Gasteiger partial charge in [0, 0.05) is 10.1 Å². The van der Waals surface area contributed by atoms with Crippen LogP contribution in [0.4, 0.5) is 9.52 Å². The van der Waals surface area contributed by atoms with Gasteiger partial charge in [-0.25, -0.2) is 9.37 Å². The van der Waals surface area contributed by atoms with Crippen LogP contribution in [0.25, 0.3) is 10.2 Å². The summed E-state index contributed by atoms with van der Waals surface area (Å²) in [5.41, 5.74) is 1.20. The average molecular weight is 441 g/mol. The van der Waals surface area contributed by atoms with Gasteiger partial charge >= 0.3 is 0 Å². The topological polar surface area (TPSA) is 46.3 Å². The smallest absolute Gasteiger partial charge is 0.233 e. The molecule has 0 saturated heterocycles. The Morgan fingerprint density at radius 2 is 1.97 bits per heavy atom. The molecule has 30 heavy (non-hydrogen) atoms. The molecule has 4 nitrogen and oxygen atoms in total. The van der Waals surface area contributed by atoms with Crippen molar-refractivity contribution < 1.29 is 13.6 Å². The van der Waals surface area contributed by atoms with Gasteiger partial charge in [-0.1, -0.05) is 43.4 Å². The number of aromatic nitrogens is 1. The molecule has 7 heteroatoms. The first-order valence-electron chi connectivity index (χ1n) is 9.63. The van der Waals surface area contributed by atoms with Gasteiger partial charge in [-0.05, 0) is 42.0 Å². The van der Waals surface area contributed by atoms with Crippen LogP contribution >= 0.6 is 23.1 Å². The molecule has 2 aromatic heterocycles. The number of benzene rings is 2. The standard InChI is InChI=1S/C23H21FN2O2S2/c1-15(2)29-18-10-8-16(9-11-18)13-21(27)26(14-17-5-4-12-28-17)23-25-22-19(24)6-3-7-20(22)30-23/h3-12,15H,13-14H2,1-2H3. The maximum Gasteiger partial charge on any atom is 0.233 e. The Balaban J connectivity index is 1.60. The van der Waals surface area contributed by atoms with Crippen LogP contribution in [0.2, 0.25) is 0 Å². The van der Waals surface area contributed by atoms with E-state index in [2.05, 4.69) is 18.8 Å². The highest BCUT2D eigenvalue weighted by Crippen LogP contribution is 2.32. The van der Waals surface area contributed by atoms with Crippen molar-refractivity contribution in [2.24, 2.45) is 0 Å². The number of carbonyl (C=O) groups is 1. The number of thioether (sulfide) groups is 1. The first kappa shape index (κ1) is 20.6. The van der Waals surface area contributed by atoms with E-state index in [4.69, 9.17) is 4.42 Å². The second kappa shape index (κ2) is 9.02. The van der Waals surface area contributed by atoms with Gasteiger partial charge in [-0.15, -0.1) is 11.8 Å². The van der Waals surface area contributed by atoms with E-state index in [-0.39, 0.29) is 24.4 Å². The normalized spacial score (nSPS) is 11.3. The predicted molar refractivity (Wildman–Crippen MR) is 121 cm³/mol. The van der Waals surface area contributed by atoms with Crippen molar-refractivity contribution in [2.75, 3.05) is 4.90 Å². The first-order chi connectivity index (χ1) is 14.5. The molecule has 0 radical (unpaired) electrons. The number of anilines is 1. The zero-order chi connectivity index (χ0) is 21.1. The van der Waals surface area contributed by atoms with Crippen molar-refractivity contribution in [3.63, 3.8) is 0 Å². The summed E-state index contributed by atoms with van der Waals surface area (Å²) >= 11 is 3.08. The number of carbonyl (C=O) groups excluding carboxylic acids is 1. The molecule has 0 unspecified atom stereocenters. The molecule has 0 saturated carbocycles. The highest BCUT2D eigenvalue weighted by Gasteiger charge is 2.22. The van der Waals surface area contributed by atoms with Crippen molar-refractivity contribution in [3.8, 4) is 0 Å². The first-order valence-corrected chi connectivity index (χ1v) is 11.3. The van der Waals surface area contributed by atoms with Crippen LogP contribution in [0.5, 0.6) is 0 Å². The third-order valence-corrected chi connectivity index (χ3v) is 6.49. The van der Waals surface area contributed by atoms with E-state index in [1.165, 1.54) is 22.3 Å². The molecule has 154 valence electrons. The maximum atomic E-state index is 14.1. The summed E-state index contributed by atoms with van der Waals surface area (Å²) in [5, 5.41) is 0.962. The van der Waals surface area contributed by atoms with Gasteiger partial charge in [0.15, 0.2) is 5.13 Å². The quantitative estimate of drug-likeness (QED) is 0.316. The molecule has 0 aliphatic carbocycles. The van der Waals surface area contributed by atoms with Crippen LogP contribution in [0.15, 0.2) is 70.2 Å². The highest BCUT2D eigenvalue weighted by molar-refractivity contribution is 7.99. The summed E-state index contributed by atoms with van der Waals surface area (Å²) < 4.78 is 20.3.